The zero-order chi connectivity index (χ0) is 17.7. The Labute approximate surface area is 157 Å². The van der Waals surface area contributed by atoms with Crippen molar-refractivity contribution in [2.45, 2.75) is 39.7 Å². The molecule has 1 aliphatic heterocycles. The molecule has 0 radical (unpaired) electrons. The lowest BCUT2D eigenvalue weighted by Crippen LogP contribution is -2.46. The quantitative estimate of drug-likeness (QED) is 0.888. The zero-order valence-electron chi connectivity index (χ0n) is 15.4. The number of benzene rings is 1. The van der Waals surface area contributed by atoms with Crippen LogP contribution in [0.15, 0.2) is 24.3 Å². The lowest BCUT2D eigenvalue weighted by molar-refractivity contribution is -0.132. The van der Waals surface area contributed by atoms with E-state index in [1.807, 2.05) is 41.0 Å². The lowest BCUT2D eigenvalue weighted by Gasteiger charge is -2.25. The fourth-order valence-electron chi connectivity index (χ4n) is 3.14. The predicted octanol–water partition coefficient (Wildman–Crippen LogP) is 2.46. The Hall–Kier alpha value is -1.59. The number of nitrogens with zero attached hydrogens (tertiary/aromatic N) is 2. The van der Waals surface area contributed by atoms with Crippen LogP contribution in [-0.2, 0) is 4.79 Å². The maximum absolute atomic E-state index is 12.7. The van der Waals surface area contributed by atoms with Crippen LogP contribution in [0.3, 0.4) is 0 Å². The van der Waals surface area contributed by atoms with Crippen LogP contribution >= 0.6 is 12.4 Å². The summed E-state index contributed by atoms with van der Waals surface area (Å²) in [5, 5.41) is 0. The fraction of sp³-hybridized carbons (Fsp3) is 0.579. The molecule has 2 N–H and O–H groups in total. The summed E-state index contributed by atoms with van der Waals surface area (Å²) in [6.45, 7) is 8.58. The number of nitrogens with two attached hydrogens (primary N) is 1. The molecule has 1 heterocycles. The molecule has 1 saturated heterocycles. The molecule has 1 atom stereocenters. The second kappa shape index (κ2) is 9.78. The summed E-state index contributed by atoms with van der Waals surface area (Å²) < 4.78 is 0. The highest BCUT2D eigenvalue weighted by Crippen LogP contribution is 2.13. The van der Waals surface area contributed by atoms with E-state index in [4.69, 9.17) is 5.73 Å². The Morgan fingerprint density at radius 1 is 1.12 bits per heavy atom. The monoisotopic (exact) mass is 367 g/mol. The van der Waals surface area contributed by atoms with Crippen molar-refractivity contribution in [3.63, 3.8) is 0 Å². The van der Waals surface area contributed by atoms with Crippen molar-refractivity contribution in [1.29, 1.82) is 0 Å². The molecule has 140 valence electrons. The lowest BCUT2D eigenvalue weighted by atomic mass is 10.0. The molecule has 1 fully saturated rings. The molecule has 1 aromatic carbocycles. The third-order valence-electron chi connectivity index (χ3n) is 4.40. The normalized spacial score (nSPS) is 16.2. The van der Waals surface area contributed by atoms with E-state index >= 15 is 0 Å². The fourth-order valence-corrected chi connectivity index (χ4v) is 3.14. The van der Waals surface area contributed by atoms with Crippen LogP contribution in [0, 0.1) is 12.8 Å². The van der Waals surface area contributed by atoms with E-state index in [1.165, 1.54) is 0 Å². The van der Waals surface area contributed by atoms with Crippen LogP contribution in [0.5, 0.6) is 0 Å². The summed E-state index contributed by atoms with van der Waals surface area (Å²) in [7, 11) is 0. The van der Waals surface area contributed by atoms with Gasteiger partial charge in [-0.3, -0.25) is 9.59 Å². The van der Waals surface area contributed by atoms with E-state index in [0.717, 1.165) is 12.0 Å². The van der Waals surface area contributed by atoms with Crippen molar-refractivity contribution >= 4 is 24.2 Å². The van der Waals surface area contributed by atoms with Crippen molar-refractivity contribution < 1.29 is 9.59 Å². The van der Waals surface area contributed by atoms with Crippen molar-refractivity contribution in [3.05, 3.63) is 35.4 Å². The molecule has 0 saturated carbocycles. The van der Waals surface area contributed by atoms with Crippen molar-refractivity contribution in [1.82, 2.24) is 9.80 Å². The van der Waals surface area contributed by atoms with E-state index < -0.39 is 6.04 Å². The van der Waals surface area contributed by atoms with Gasteiger partial charge in [0.1, 0.15) is 0 Å². The first-order valence-corrected chi connectivity index (χ1v) is 8.78. The SMILES string of the molecule is Cc1cccc(C(=O)N2CCCN(C(=O)[C@@H](N)CC(C)C)CC2)c1.Cl. The molecule has 2 rings (SSSR count). The van der Waals surface area contributed by atoms with Gasteiger partial charge in [0.05, 0.1) is 6.04 Å². The Balaban J connectivity index is 0.00000312. The molecular formula is C19H30ClN3O2. The average molecular weight is 368 g/mol. The number of rotatable bonds is 4. The van der Waals surface area contributed by atoms with Gasteiger partial charge in [-0.15, -0.1) is 12.4 Å². The third kappa shape index (κ3) is 6.01. The molecule has 0 unspecified atom stereocenters. The molecule has 1 aromatic rings. The zero-order valence-corrected chi connectivity index (χ0v) is 16.2. The van der Waals surface area contributed by atoms with Gasteiger partial charge in [0.25, 0.3) is 5.91 Å². The van der Waals surface area contributed by atoms with E-state index in [9.17, 15) is 9.59 Å². The smallest absolute Gasteiger partial charge is 0.253 e. The highest BCUT2D eigenvalue weighted by Gasteiger charge is 2.26. The molecule has 0 aromatic heterocycles. The first kappa shape index (κ1) is 21.5. The predicted molar refractivity (Wildman–Crippen MR) is 103 cm³/mol. The van der Waals surface area contributed by atoms with Gasteiger partial charge >= 0.3 is 0 Å². The number of carbonyl (C=O) groups excluding carboxylic acids is 2. The molecule has 0 aliphatic carbocycles. The summed E-state index contributed by atoms with van der Waals surface area (Å²) in [5.41, 5.74) is 7.82. The molecule has 5 nitrogen and oxygen atoms in total. The molecular weight excluding hydrogens is 338 g/mol. The minimum absolute atomic E-state index is 0. The minimum atomic E-state index is -0.441. The van der Waals surface area contributed by atoms with E-state index in [1.54, 1.807) is 0 Å². The highest BCUT2D eigenvalue weighted by atomic mass is 35.5. The summed E-state index contributed by atoms with van der Waals surface area (Å²) in [6, 6.07) is 7.21. The van der Waals surface area contributed by atoms with Gasteiger partial charge in [-0.25, -0.2) is 0 Å². The molecule has 6 heteroatoms. The standard InChI is InChI=1S/C19H29N3O2.ClH/c1-14(2)12-17(20)19(24)22-9-5-8-21(10-11-22)18(23)16-7-4-6-15(3)13-16;/h4,6-7,13-14,17H,5,8-12,20H2,1-3H3;1H/t17-;/m0./s1. The average Bonchev–Trinajstić information content (AvgIpc) is 2.78. The number of aryl methyl sites for hydroxylation is 1. The number of carbonyl (C=O) groups is 2. The van der Waals surface area contributed by atoms with E-state index in [-0.39, 0.29) is 24.2 Å². The third-order valence-corrected chi connectivity index (χ3v) is 4.40. The molecule has 0 bridgehead atoms. The van der Waals surface area contributed by atoms with Gasteiger partial charge in [-0.1, -0.05) is 31.5 Å². The van der Waals surface area contributed by atoms with Gasteiger partial charge in [0.2, 0.25) is 5.91 Å². The summed E-state index contributed by atoms with van der Waals surface area (Å²) >= 11 is 0. The van der Waals surface area contributed by atoms with Crippen molar-refractivity contribution in [3.8, 4) is 0 Å². The maximum atomic E-state index is 12.7. The van der Waals surface area contributed by atoms with Crippen molar-refractivity contribution in [2.75, 3.05) is 26.2 Å². The first-order chi connectivity index (χ1) is 11.4. The first-order valence-electron chi connectivity index (χ1n) is 8.78. The summed E-state index contributed by atoms with van der Waals surface area (Å²) in [6.07, 6.45) is 1.49. The van der Waals surface area contributed by atoms with Crippen LogP contribution in [0.4, 0.5) is 0 Å². The van der Waals surface area contributed by atoms with Crippen molar-refractivity contribution in [2.24, 2.45) is 11.7 Å². The van der Waals surface area contributed by atoms with E-state index in [0.29, 0.717) is 44.1 Å². The van der Waals surface area contributed by atoms with E-state index in [2.05, 4.69) is 13.8 Å². The van der Waals surface area contributed by atoms with Gasteiger partial charge < -0.3 is 15.5 Å². The Morgan fingerprint density at radius 2 is 1.76 bits per heavy atom. The van der Waals surface area contributed by atoms with Gasteiger partial charge in [0, 0.05) is 31.7 Å². The van der Waals surface area contributed by atoms with Gasteiger partial charge in [-0.05, 0) is 37.8 Å². The van der Waals surface area contributed by atoms with Crippen LogP contribution in [0.2, 0.25) is 0 Å². The Kier molecular flexibility index (Phi) is 8.39. The second-order valence-corrected chi connectivity index (χ2v) is 7.08. The number of halogens is 1. The maximum Gasteiger partial charge on any atom is 0.253 e. The molecule has 1 aliphatic rings. The largest absolute Gasteiger partial charge is 0.340 e. The molecule has 25 heavy (non-hydrogen) atoms. The number of amides is 2. The number of hydrogen-bond donors (Lipinski definition) is 1. The minimum Gasteiger partial charge on any atom is -0.340 e. The van der Waals surface area contributed by atoms with Crippen LogP contribution < -0.4 is 5.73 Å². The number of hydrogen-bond acceptors (Lipinski definition) is 3. The Bertz CT molecular complexity index is 592. The summed E-state index contributed by atoms with van der Waals surface area (Å²) in [5.74, 6) is 0.448. The molecule has 0 spiro atoms. The molecule has 2 amide bonds. The topological polar surface area (TPSA) is 66.6 Å². The Morgan fingerprint density at radius 3 is 2.40 bits per heavy atom. The van der Waals surface area contributed by atoms with Crippen LogP contribution in [0.25, 0.3) is 0 Å². The van der Waals surface area contributed by atoms with Gasteiger partial charge in [-0.2, -0.15) is 0 Å². The van der Waals surface area contributed by atoms with Crippen LogP contribution in [0.1, 0.15) is 42.6 Å². The summed E-state index contributed by atoms with van der Waals surface area (Å²) in [4.78, 5) is 28.8. The van der Waals surface area contributed by atoms with Gasteiger partial charge in [0.15, 0.2) is 0 Å². The van der Waals surface area contributed by atoms with Crippen LogP contribution in [-0.4, -0.2) is 53.8 Å². The second-order valence-electron chi connectivity index (χ2n) is 7.08. The highest BCUT2D eigenvalue weighted by molar-refractivity contribution is 5.94.